The molecule has 10 heteroatoms. The number of anilines is 1. The Kier molecular flexibility index (Phi) is 7.32. The number of thiazole rings is 1. The number of rotatable bonds is 6. The molecule has 188 valence electrons. The van der Waals surface area contributed by atoms with Crippen LogP contribution in [0.5, 0.6) is 5.75 Å². The van der Waals surface area contributed by atoms with Crippen molar-refractivity contribution in [2.45, 2.75) is 19.9 Å². The summed E-state index contributed by atoms with van der Waals surface area (Å²) >= 11 is 7.98. The fraction of sp³-hybridized carbons (Fsp3) is 0.148. The molecule has 0 saturated heterocycles. The van der Waals surface area contributed by atoms with Crippen LogP contribution < -0.4 is 24.9 Å². The summed E-state index contributed by atoms with van der Waals surface area (Å²) < 4.78 is 14.6. The molecule has 0 fully saturated rings. The Morgan fingerprint density at radius 1 is 1.19 bits per heavy atom. The second kappa shape index (κ2) is 10.6. The lowest BCUT2D eigenvalue weighted by Crippen LogP contribution is -2.40. The molecule has 7 nitrogen and oxygen atoms in total. The normalized spacial score (nSPS) is 15.4. The number of hydrogen-bond donors (Lipinski definition) is 1. The van der Waals surface area contributed by atoms with E-state index in [1.807, 2.05) is 61.5 Å². The van der Waals surface area contributed by atoms with Crippen molar-refractivity contribution in [3.05, 3.63) is 112 Å². The van der Waals surface area contributed by atoms with Gasteiger partial charge < -0.3 is 14.5 Å². The van der Waals surface area contributed by atoms with Crippen LogP contribution >= 0.6 is 43.2 Å². The standard InChI is InChI=1S/C27H21Br2N3O4S/c1-3-35-18-11-9-16(10-12-18)23-22(25(33)31-17-7-5-4-6-8-17)15(2)30-27-32(23)26(34)21(37-27)14-19-13-20(28)24(29)36-19/h4-14,23H,3H2,1-2H3,(H,31,33)/b21-14+/t23-/m0/s1. The quantitative estimate of drug-likeness (QED) is 0.306. The summed E-state index contributed by atoms with van der Waals surface area (Å²) in [5.74, 6) is 0.905. The molecule has 1 atom stereocenters. The molecule has 37 heavy (non-hydrogen) atoms. The number of ether oxygens (including phenoxy) is 1. The van der Waals surface area contributed by atoms with Crippen molar-refractivity contribution < 1.29 is 13.9 Å². The summed E-state index contributed by atoms with van der Waals surface area (Å²) in [5.41, 5.74) is 2.11. The Morgan fingerprint density at radius 3 is 2.57 bits per heavy atom. The molecule has 0 bridgehead atoms. The molecule has 0 radical (unpaired) electrons. The summed E-state index contributed by atoms with van der Waals surface area (Å²) in [6, 6.07) is 17.7. The molecule has 4 aromatic rings. The van der Waals surface area contributed by atoms with Gasteiger partial charge in [0.1, 0.15) is 11.5 Å². The molecule has 1 aliphatic heterocycles. The lowest BCUT2D eigenvalue weighted by molar-refractivity contribution is -0.113. The molecule has 0 spiro atoms. The van der Waals surface area contributed by atoms with Gasteiger partial charge in [0.2, 0.25) is 0 Å². The first-order valence-electron chi connectivity index (χ1n) is 11.4. The second-order valence-corrected chi connectivity index (χ2v) is 10.8. The fourth-order valence-electron chi connectivity index (χ4n) is 4.12. The lowest BCUT2D eigenvalue weighted by atomic mass is 9.95. The van der Waals surface area contributed by atoms with Crippen molar-refractivity contribution in [1.29, 1.82) is 0 Å². The number of benzene rings is 2. The van der Waals surface area contributed by atoms with Gasteiger partial charge >= 0.3 is 0 Å². The predicted molar refractivity (Wildman–Crippen MR) is 151 cm³/mol. The van der Waals surface area contributed by atoms with Crippen molar-refractivity contribution in [3.63, 3.8) is 0 Å². The Hall–Kier alpha value is -3.21. The maximum atomic E-state index is 13.7. The van der Waals surface area contributed by atoms with Gasteiger partial charge in [0.05, 0.1) is 32.9 Å². The first-order valence-corrected chi connectivity index (χ1v) is 13.8. The number of fused-ring (bicyclic) bond motifs is 1. The SMILES string of the molecule is CCOc1ccc([C@H]2C(C(=O)Nc3ccccc3)=C(C)N=c3s/c(=C/c4cc(Br)c(Br)o4)c(=O)n32)cc1. The monoisotopic (exact) mass is 641 g/mol. The number of hydrogen-bond acceptors (Lipinski definition) is 6. The molecule has 0 saturated carbocycles. The van der Waals surface area contributed by atoms with Crippen molar-refractivity contribution in [2.75, 3.05) is 11.9 Å². The molecule has 1 amide bonds. The van der Waals surface area contributed by atoms with Gasteiger partial charge in [-0.25, -0.2) is 4.99 Å². The zero-order valence-corrected chi connectivity index (χ0v) is 23.8. The summed E-state index contributed by atoms with van der Waals surface area (Å²) in [4.78, 5) is 32.5. The van der Waals surface area contributed by atoms with Gasteiger partial charge in [-0.2, -0.15) is 0 Å². The largest absolute Gasteiger partial charge is 0.494 e. The summed E-state index contributed by atoms with van der Waals surface area (Å²) in [6.07, 6.45) is 1.68. The highest BCUT2D eigenvalue weighted by atomic mass is 79.9. The molecular formula is C27H21Br2N3O4S. The van der Waals surface area contributed by atoms with Gasteiger partial charge in [0.25, 0.3) is 11.5 Å². The van der Waals surface area contributed by atoms with Crippen LogP contribution in [0.2, 0.25) is 0 Å². The van der Waals surface area contributed by atoms with E-state index in [0.29, 0.717) is 49.1 Å². The van der Waals surface area contributed by atoms with Gasteiger partial charge in [-0.05, 0) is 81.6 Å². The van der Waals surface area contributed by atoms with Crippen molar-refractivity contribution in [1.82, 2.24) is 4.57 Å². The molecule has 1 aliphatic rings. The number of para-hydroxylation sites is 1. The number of carbonyl (C=O) groups is 1. The Bertz CT molecular complexity index is 1670. The number of furan rings is 1. The number of carbonyl (C=O) groups excluding carboxylic acids is 1. The van der Waals surface area contributed by atoms with E-state index in [4.69, 9.17) is 9.15 Å². The minimum absolute atomic E-state index is 0.260. The highest BCUT2D eigenvalue weighted by Crippen LogP contribution is 2.32. The van der Waals surface area contributed by atoms with Crippen LogP contribution in [0.1, 0.15) is 31.2 Å². The molecule has 3 heterocycles. The average molecular weight is 643 g/mol. The van der Waals surface area contributed by atoms with E-state index in [0.717, 1.165) is 10.0 Å². The number of allylic oxidation sites excluding steroid dienone is 1. The third-order valence-electron chi connectivity index (χ3n) is 5.74. The molecule has 1 N–H and O–H groups in total. The zero-order valence-electron chi connectivity index (χ0n) is 19.8. The molecule has 0 unspecified atom stereocenters. The summed E-state index contributed by atoms with van der Waals surface area (Å²) in [6.45, 7) is 4.25. The van der Waals surface area contributed by atoms with Crippen molar-refractivity contribution >= 4 is 60.9 Å². The van der Waals surface area contributed by atoms with Gasteiger partial charge in [-0.15, -0.1) is 0 Å². The molecule has 0 aliphatic carbocycles. The first-order chi connectivity index (χ1) is 17.9. The number of aromatic nitrogens is 1. The summed E-state index contributed by atoms with van der Waals surface area (Å²) in [5, 5.41) is 2.95. The fourth-order valence-corrected chi connectivity index (χ4v) is 5.76. The van der Waals surface area contributed by atoms with E-state index in [-0.39, 0.29) is 11.5 Å². The van der Waals surface area contributed by atoms with E-state index in [1.54, 1.807) is 23.6 Å². The molecule has 5 rings (SSSR count). The minimum Gasteiger partial charge on any atom is -0.494 e. The van der Waals surface area contributed by atoms with Crippen molar-refractivity contribution in [3.8, 4) is 5.75 Å². The smallest absolute Gasteiger partial charge is 0.271 e. The predicted octanol–water partition coefficient (Wildman–Crippen LogP) is 5.39. The first kappa shape index (κ1) is 25.4. The van der Waals surface area contributed by atoms with Gasteiger partial charge in [-0.1, -0.05) is 41.7 Å². The summed E-state index contributed by atoms with van der Waals surface area (Å²) in [7, 11) is 0. The molecular weight excluding hydrogens is 622 g/mol. The van der Waals surface area contributed by atoms with Gasteiger partial charge in [-0.3, -0.25) is 14.2 Å². The Morgan fingerprint density at radius 2 is 1.92 bits per heavy atom. The lowest BCUT2D eigenvalue weighted by Gasteiger charge is -2.25. The number of amides is 1. The highest BCUT2D eigenvalue weighted by molar-refractivity contribution is 9.13. The van der Waals surface area contributed by atoms with Crippen LogP contribution in [0, 0.1) is 0 Å². The van der Waals surface area contributed by atoms with Crippen LogP contribution in [0.3, 0.4) is 0 Å². The number of nitrogens with one attached hydrogen (secondary N) is 1. The van der Waals surface area contributed by atoms with E-state index in [9.17, 15) is 9.59 Å². The topological polar surface area (TPSA) is 85.8 Å². The maximum Gasteiger partial charge on any atom is 0.271 e. The van der Waals surface area contributed by atoms with Crippen LogP contribution in [0.25, 0.3) is 6.08 Å². The van der Waals surface area contributed by atoms with Crippen LogP contribution in [-0.4, -0.2) is 17.1 Å². The third kappa shape index (κ3) is 5.14. The van der Waals surface area contributed by atoms with Gasteiger partial charge in [0.15, 0.2) is 9.47 Å². The maximum absolute atomic E-state index is 13.7. The minimum atomic E-state index is -0.673. The van der Waals surface area contributed by atoms with Crippen LogP contribution in [0.15, 0.2) is 95.3 Å². The Labute approximate surface area is 233 Å². The van der Waals surface area contributed by atoms with Crippen molar-refractivity contribution in [2.24, 2.45) is 4.99 Å². The second-order valence-electron chi connectivity index (χ2n) is 8.17. The molecule has 2 aromatic heterocycles. The van der Waals surface area contributed by atoms with E-state index in [1.165, 1.54) is 11.3 Å². The zero-order chi connectivity index (χ0) is 26.1. The van der Waals surface area contributed by atoms with Crippen LogP contribution in [-0.2, 0) is 4.79 Å². The average Bonchev–Trinajstić information content (AvgIpc) is 3.36. The van der Waals surface area contributed by atoms with Gasteiger partial charge in [0, 0.05) is 11.8 Å². The van der Waals surface area contributed by atoms with Crippen LogP contribution in [0.4, 0.5) is 5.69 Å². The molecule has 2 aromatic carbocycles. The van der Waals surface area contributed by atoms with E-state index in [2.05, 4.69) is 42.2 Å². The highest BCUT2D eigenvalue weighted by Gasteiger charge is 2.32. The third-order valence-corrected chi connectivity index (χ3v) is 8.44. The number of nitrogens with zero attached hydrogens (tertiary/aromatic N) is 2. The number of halogens is 2. The van der Waals surface area contributed by atoms with E-state index < -0.39 is 6.04 Å². The van der Waals surface area contributed by atoms with E-state index >= 15 is 0 Å². The Balaban J connectivity index is 1.66.